The van der Waals surface area contributed by atoms with Crippen molar-refractivity contribution < 1.29 is 34.2 Å². The number of hydrogen-bond acceptors (Lipinski definition) is 6. The number of para-hydroxylation sites is 1. The SMILES string of the molecule is CCC(C)C(N)C(=O)NC(Cc1c[nH]c2ccccc12)C(=O)NC(CCC(=O)O)C(=O)NCC(=O)O. The van der Waals surface area contributed by atoms with E-state index in [2.05, 4.69) is 20.9 Å². The van der Waals surface area contributed by atoms with Gasteiger partial charge in [0.2, 0.25) is 17.7 Å². The number of carboxylic acid groups (broad SMARTS) is 2. The Morgan fingerprint density at radius 1 is 0.972 bits per heavy atom. The number of H-pyrrole nitrogens is 1. The highest BCUT2D eigenvalue weighted by Gasteiger charge is 2.30. The maximum atomic E-state index is 13.3. The zero-order valence-electron chi connectivity index (χ0n) is 20.2. The third-order valence-corrected chi connectivity index (χ3v) is 5.99. The van der Waals surface area contributed by atoms with E-state index in [1.165, 1.54) is 0 Å². The number of carboxylic acids is 2. The number of hydrogen-bond donors (Lipinski definition) is 7. The molecule has 0 aliphatic heterocycles. The number of aliphatic carboxylic acids is 2. The van der Waals surface area contributed by atoms with Gasteiger partial charge in [-0.15, -0.1) is 0 Å². The van der Waals surface area contributed by atoms with E-state index < -0.39 is 60.8 Å². The van der Waals surface area contributed by atoms with Crippen molar-refractivity contribution in [3.63, 3.8) is 0 Å². The van der Waals surface area contributed by atoms with Crippen LogP contribution in [0.4, 0.5) is 0 Å². The number of benzene rings is 1. The van der Waals surface area contributed by atoms with Crippen LogP contribution in [0.1, 0.15) is 38.7 Å². The fraction of sp³-hybridized carbons (Fsp3) is 0.458. The van der Waals surface area contributed by atoms with E-state index in [0.29, 0.717) is 6.42 Å². The largest absolute Gasteiger partial charge is 0.481 e. The first-order valence-electron chi connectivity index (χ1n) is 11.7. The summed E-state index contributed by atoms with van der Waals surface area (Å²) in [6.07, 6.45) is 1.72. The molecular weight excluding hydrogens is 470 g/mol. The van der Waals surface area contributed by atoms with Gasteiger partial charge in [0, 0.05) is 29.9 Å². The molecule has 0 bridgehead atoms. The van der Waals surface area contributed by atoms with Gasteiger partial charge in [-0.25, -0.2) is 0 Å². The summed E-state index contributed by atoms with van der Waals surface area (Å²) >= 11 is 0. The third-order valence-electron chi connectivity index (χ3n) is 5.99. The van der Waals surface area contributed by atoms with Crippen LogP contribution in [0, 0.1) is 5.92 Å². The Morgan fingerprint density at radius 2 is 1.64 bits per heavy atom. The maximum absolute atomic E-state index is 13.3. The minimum Gasteiger partial charge on any atom is -0.481 e. The Hall–Kier alpha value is -3.93. The van der Waals surface area contributed by atoms with Crippen molar-refractivity contribution in [3.05, 3.63) is 36.0 Å². The van der Waals surface area contributed by atoms with Gasteiger partial charge in [-0.2, -0.15) is 0 Å². The Morgan fingerprint density at radius 3 is 2.28 bits per heavy atom. The summed E-state index contributed by atoms with van der Waals surface area (Å²) in [5.74, 6) is -4.75. The first-order valence-corrected chi connectivity index (χ1v) is 11.7. The highest BCUT2D eigenvalue weighted by molar-refractivity contribution is 5.94. The number of carbonyl (C=O) groups is 5. The number of nitrogens with one attached hydrogen (secondary N) is 4. The predicted octanol–water partition coefficient (Wildman–Crippen LogP) is 0.119. The average molecular weight is 504 g/mol. The Labute approximate surface area is 208 Å². The molecule has 2 rings (SSSR count). The quantitative estimate of drug-likeness (QED) is 0.188. The lowest BCUT2D eigenvalue weighted by molar-refractivity contribution is -0.140. The number of aromatic nitrogens is 1. The van der Waals surface area contributed by atoms with Crippen molar-refractivity contribution >= 4 is 40.6 Å². The summed E-state index contributed by atoms with van der Waals surface area (Å²) < 4.78 is 0. The predicted molar refractivity (Wildman–Crippen MR) is 131 cm³/mol. The van der Waals surface area contributed by atoms with E-state index in [4.69, 9.17) is 15.9 Å². The third kappa shape index (κ3) is 8.08. The smallest absolute Gasteiger partial charge is 0.322 e. The lowest BCUT2D eigenvalue weighted by Crippen LogP contribution is -2.57. The molecule has 0 radical (unpaired) electrons. The fourth-order valence-corrected chi connectivity index (χ4v) is 3.60. The van der Waals surface area contributed by atoms with Crippen molar-refractivity contribution in [3.8, 4) is 0 Å². The number of rotatable bonds is 14. The fourth-order valence-electron chi connectivity index (χ4n) is 3.60. The molecule has 2 aromatic rings. The van der Waals surface area contributed by atoms with Crippen LogP contribution in [-0.4, -0.2) is 69.5 Å². The second-order valence-corrected chi connectivity index (χ2v) is 8.64. The number of carbonyl (C=O) groups excluding carboxylic acids is 3. The summed E-state index contributed by atoms with van der Waals surface area (Å²) in [5.41, 5.74) is 7.62. The number of amides is 3. The molecule has 0 aliphatic carbocycles. The Balaban J connectivity index is 2.28. The highest BCUT2D eigenvalue weighted by atomic mass is 16.4. The molecule has 0 fully saturated rings. The van der Waals surface area contributed by atoms with Gasteiger partial charge in [0.05, 0.1) is 6.04 Å². The topological polar surface area (TPSA) is 204 Å². The molecular formula is C24H33N5O7. The van der Waals surface area contributed by atoms with Crippen LogP contribution < -0.4 is 21.7 Å². The number of aromatic amines is 1. The second-order valence-electron chi connectivity index (χ2n) is 8.64. The lowest BCUT2D eigenvalue weighted by atomic mass is 9.98. The van der Waals surface area contributed by atoms with Gasteiger partial charge in [0.15, 0.2) is 0 Å². The van der Waals surface area contributed by atoms with Crippen LogP contribution in [0.25, 0.3) is 10.9 Å². The molecule has 0 saturated carbocycles. The van der Waals surface area contributed by atoms with E-state index >= 15 is 0 Å². The van der Waals surface area contributed by atoms with Crippen LogP contribution in [0.5, 0.6) is 0 Å². The average Bonchev–Trinajstić information content (AvgIpc) is 3.25. The van der Waals surface area contributed by atoms with Crippen molar-refractivity contribution in [1.82, 2.24) is 20.9 Å². The summed E-state index contributed by atoms with van der Waals surface area (Å²) in [5, 5.41) is 26.0. The van der Waals surface area contributed by atoms with Gasteiger partial charge in [0.1, 0.15) is 18.6 Å². The zero-order valence-corrected chi connectivity index (χ0v) is 20.2. The number of fused-ring (bicyclic) bond motifs is 1. The molecule has 1 aromatic heterocycles. The molecule has 8 N–H and O–H groups in total. The summed E-state index contributed by atoms with van der Waals surface area (Å²) in [7, 11) is 0. The summed E-state index contributed by atoms with van der Waals surface area (Å²) in [4.78, 5) is 63.5. The van der Waals surface area contributed by atoms with Crippen LogP contribution >= 0.6 is 0 Å². The molecule has 1 heterocycles. The molecule has 4 unspecified atom stereocenters. The van der Waals surface area contributed by atoms with Gasteiger partial charge in [-0.3, -0.25) is 24.0 Å². The van der Waals surface area contributed by atoms with E-state index in [0.717, 1.165) is 16.5 Å². The highest BCUT2D eigenvalue weighted by Crippen LogP contribution is 2.19. The van der Waals surface area contributed by atoms with Crippen molar-refractivity contribution in [2.75, 3.05) is 6.54 Å². The van der Waals surface area contributed by atoms with E-state index in [9.17, 15) is 24.0 Å². The van der Waals surface area contributed by atoms with Gasteiger partial charge in [-0.05, 0) is 24.0 Å². The molecule has 1 aromatic carbocycles. The van der Waals surface area contributed by atoms with Gasteiger partial charge in [-0.1, -0.05) is 38.5 Å². The second kappa shape index (κ2) is 13.2. The zero-order chi connectivity index (χ0) is 26.8. The van der Waals surface area contributed by atoms with Gasteiger partial charge >= 0.3 is 11.9 Å². The molecule has 0 spiro atoms. The van der Waals surface area contributed by atoms with E-state index in [1.54, 1.807) is 6.20 Å². The Kier molecular flexibility index (Phi) is 10.4. The van der Waals surface area contributed by atoms with Crippen molar-refractivity contribution in [2.24, 2.45) is 11.7 Å². The molecule has 196 valence electrons. The normalized spacial score (nSPS) is 14.3. The minimum atomic E-state index is -1.32. The molecule has 12 nitrogen and oxygen atoms in total. The number of nitrogens with two attached hydrogens (primary N) is 1. The van der Waals surface area contributed by atoms with Crippen molar-refractivity contribution in [2.45, 2.75) is 57.7 Å². The van der Waals surface area contributed by atoms with E-state index in [1.807, 2.05) is 38.1 Å². The van der Waals surface area contributed by atoms with Crippen LogP contribution in [-0.2, 0) is 30.4 Å². The van der Waals surface area contributed by atoms with Crippen LogP contribution in [0.2, 0.25) is 0 Å². The molecule has 0 saturated heterocycles. The van der Waals surface area contributed by atoms with E-state index in [-0.39, 0.29) is 18.8 Å². The van der Waals surface area contributed by atoms with Gasteiger partial charge < -0.3 is 36.9 Å². The molecule has 4 atom stereocenters. The first-order chi connectivity index (χ1) is 17.0. The minimum absolute atomic E-state index is 0.0667. The molecule has 36 heavy (non-hydrogen) atoms. The molecule has 3 amide bonds. The first kappa shape index (κ1) is 28.3. The molecule has 12 heteroatoms. The maximum Gasteiger partial charge on any atom is 0.322 e. The van der Waals surface area contributed by atoms with Crippen molar-refractivity contribution in [1.29, 1.82) is 0 Å². The molecule has 0 aliphatic rings. The van der Waals surface area contributed by atoms with Crippen LogP contribution in [0.3, 0.4) is 0 Å². The lowest BCUT2D eigenvalue weighted by Gasteiger charge is -2.25. The van der Waals surface area contributed by atoms with Gasteiger partial charge in [0.25, 0.3) is 0 Å². The van der Waals surface area contributed by atoms with Crippen LogP contribution in [0.15, 0.2) is 30.5 Å². The standard InChI is InChI=1S/C24H33N5O7/c1-3-13(2)21(25)24(36)29-18(10-14-11-26-16-7-5-4-6-15(14)16)23(35)28-17(8-9-19(30)31)22(34)27-12-20(32)33/h4-7,11,13,17-18,21,26H,3,8-10,12,25H2,1-2H3,(H,27,34)(H,28,35)(H,29,36)(H,30,31)(H,32,33). The summed E-state index contributed by atoms with van der Waals surface area (Å²) in [6.45, 7) is 3.00. The monoisotopic (exact) mass is 503 g/mol. The summed E-state index contributed by atoms with van der Waals surface area (Å²) in [6, 6.07) is 4.08. The Bertz CT molecular complexity index is 1100.